The summed E-state index contributed by atoms with van der Waals surface area (Å²) in [7, 11) is -0.519. The van der Waals surface area contributed by atoms with Gasteiger partial charge in [-0.15, -0.1) is 0 Å². The number of rotatable bonds is 7. The molecule has 0 atom stereocenters. The maximum Gasteiger partial charge on any atom is 0.243 e. The van der Waals surface area contributed by atoms with Crippen LogP contribution in [0.5, 0.6) is 11.5 Å². The van der Waals surface area contributed by atoms with Gasteiger partial charge in [-0.25, -0.2) is 8.42 Å². The maximum atomic E-state index is 13.0. The van der Waals surface area contributed by atoms with Crippen LogP contribution in [0, 0.1) is 6.92 Å². The highest BCUT2D eigenvalue weighted by molar-refractivity contribution is 7.89. The topological polar surface area (TPSA) is 84.9 Å². The summed E-state index contributed by atoms with van der Waals surface area (Å²) >= 11 is 0. The van der Waals surface area contributed by atoms with Crippen LogP contribution < -0.4 is 14.8 Å². The van der Waals surface area contributed by atoms with Gasteiger partial charge in [0.1, 0.15) is 11.5 Å². The van der Waals surface area contributed by atoms with Crippen molar-refractivity contribution in [3.8, 4) is 11.5 Å². The highest BCUT2D eigenvalue weighted by Crippen LogP contribution is 2.30. The fourth-order valence-electron chi connectivity index (χ4n) is 3.63. The van der Waals surface area contributed by atoms with Gasteiger partial charge in [0.05, 0.1) is 31.2 Å². The number of anilines is 1. The van der Waals surface area contributed by atoms with Gasteiger partial charge in [0.2, 0.25) is 15.9 Å². The van der Waals surface area contributed by atoms with Gasteiger partial charge in [0.15, 0.2) is 0 Å². The first-order valence-electron chi connectivity index (χ1n) is 9.96. The molecule has 3 rings (SSSR count). The first-order valence-corrected chi connectivity index (χ1v) is 11.4. The van der Waals surface area contributed by atoms with Gasteiger partial charge in [-0.1, -0.05) is 18.6 Å². The molecule has 1 heterocycles. The molecule has 0 aromatic heterocycles. The fraction of sp³-hybridized carbons (Fsp3) is 0.409. The average Bonchev–Trinajstić information content (AvgIpc) is 2.74. The Morgan fingerprint density at radius 3 is 2.30 bits per heavy atom. The third-order valence-electron chi connectivity index (χ3n) is 5.22. The third-order valence-corrected chi connectivity index (χ3v) is 7.12. The Hall–Kier alpha value is -2.58. The molecule has 162 valence electrons. The number of piperidine rings is 1. The first kappa shape index (κ1) is 22.1. The van der Waals surface area contributed by atoms with E-state index in [1.54, 1.807) is 13.2 Å². The van der Waals surface area contributed by atoms with Crippen LogP contribution in [0.2, 0.25) is 0 Å². The summed E-state index contributed by atoms with van der Waals surface area (Å²) in [6, 6.07) is 10.1. The number of benzene rings is 2. The van der Waals surface area contributed by atoms with Crippen molar-refractivity contribution in [1.82, 2.24) is 4.31 Å². The molecule has 8 heteroatoms. The number of amides is 1. The van der Waals surface area contributed by atoms with Crippen LogP contribution in [-0.2, 0) is 21.2 Å². The number of sulfonamides is 1. The zero-order chi connectivity index (χ0) is 21.7. The van der Waals surface area contributed by atoms with Crippen molar-refractivity contribution in [2.75, 3.05) is 32.6 Å². The van der Waals surface area contributed by atoms with Crippen LogP contribution in [0.4, 0.5) is 5.69 Å². The Bertz CT molecular complexity index is 1010. The zero-order valence-corrected chi connectivity index (χ0v) is 18.4. The smallest absolute Gasteiger partial charge is 0.243 e. The molecule has 7 nitrogen and oxygen atoms in total. The molecule has 1 aliphatic heterocycles. The Kier molecular flexibility index (Phi) is 6.99. The Morgan fingerprint density at radius 2 is 1.67 bits per heavy atom. The lowest BCUT2D eigenvalue weighted by Gasteiger charge is -2.26. The van der Waals surface area contributed by atoms with Gasteiger partial charge in [0.25, 0.3) is 0 Å². The number of ether oxygens (including phenoxy) is 2. The third kappa shape index (κ3) is 4.94. The van der Waals surface area contributed by atoms with Gasteiger partial charge >= 0.3 is 0 Å². The van der Waals surface area contributed by atoms with Gasteiger partial charge in [-0.05, 0) is 55.2 Å². The molecule has 0 bridgehead atoms. The van der Waals surface area contributed by atoms with Crippen molar-refractivity contribution in [1.29, 1.82) is 0 Å². The monoisotopic (exact) mass is 432 g/mol. The van der Waals surface area contributed by atoms with Crippen molar-refractivity contribution >= 4 is 21.6 Å². The summed E-state index contributed by atoms with van der Waals surface area (Å²) in [6.07, 6.45) is 2.92. The van der Waals surface area contributed by atoms with E-state index in [1.165, 1.54) is 23.5 Å². The van der Waals surface area contributed by atoms with Crippen LogP contribution in [0.3, 0.4) is 0 Å². The molecular formula is C22H28N2O5S. The SMILES string of the molecule is COc1ccc(CC(=O)Nc2cc(S(=O)(=O)N3CCCCC3)ccc2OC)cc1C. The quantitative estimate of drug-likeness (QED) is 0.725. The molecule has 1 aliphatic rings. The lowest BCUT2D eigenvalue weighted by Crippen LogP contribution is -2.35. The largest absolute Gasteiger partial charge is 0.496 e. The minimum absolute atomic E-state index is 0.150. The summed E-state index contributed by atoms with van der Waals surface area (Å²) in [5, 5.41) is 2.80. The minimum atomic E-state index is -3.60. The van der Waals surface area contributed by atoms with E-state index < -0.39 is 10.0 Å². The van der Waals surface area contributed by atoms with E-state index >= 15 is 0 Å². The minimum Gasteiger partial charge on any atom is -0.496 e. The second kappa shape index (κ2) is 9.49. The molecule has 1 amide bonds. The normalized spacial score (nSPS) is 14.9. The number of hydrogen-bond acceptors (Lipinski definition) is 5. The van der Waals surface area contributed by atoms with Crippen molar-refractivity contribution in [3.63, 3.8) is 0 Å². The van der Waals surface area contributed by atoms with E-state index in [-0.39, 0.29) is 17.2 Å². The highest BCUT2D eigenvalue weighted by Gasteiger charge is 2.27. The zero-order valence-electron chi connectivity index (χ0n) is 17.6. The number of hydrogen-bond donors (Lipinski definition) is 1. The first-order chi connectivity index (χ1) is 14.3. The van der Waals surface area contributed by atoms with Crippen molar-refractivity contribution in [3.05, 3.63) is 47.5 Å². The van der Waals surface area contributed by atoms with Gasteiger partial charge in [-0.3, -0.25) is 4.79 Å². The summed E-state index contributed by atoms with van der Waals surface area (Å²) in [6.45, 7) is 2.96. The number of carbonyl (C=O) groups excluding carboxylic acids is 1. The van der Waals surface area contributed by atoms with Crippen LogP contribution in [0.1, 0.15) is 30.4 Å². The summed E-state index contributed by atoms with van der Waals surface area (Å²) < 4.78 is 38.0. The number of methoxy groups -OCH3 is 2. The van der Waals surface area contributed by atoms with E-state index in [0.717, 1.165) is 36.1 Å². The lowest BCUT2D eigenvalue weighted by molar-refractivity contribution is -0.115. The molecule has 30 heavy (non-hydrogen) atoms. The molecule has 0 unspecified atom stereocenters. The number of nitrogens with zero attached hydrogens (tertiary/aromatic N) is 1. The van der Waals surface area contributed by atoms with Gasteiger partial charge in [0, 0.05) is 13.1 Å². The molecule has 1 N–H and O–H groups in total. The summed E-state index contributed by atoms with van der Waals surface area (Å²) in [5.74, 6) is 0.911. The molecule has 2 aromatic carbocycles. The van der Waals surface area contributed by atoms with Crippen molar-refractivity contribution in [2.45, 2.75) is 37.5 Å². The summed E-state index contributed by atoms with van der Waals surface area (Å²) in [5.41, 5.74) is 2.11. The number of carbonyl (C=O) groups is 1. The number of aryl methyl sites for hydroxylation is 1. The van der Waals surface area contributed by atoms with E-state index in [0.29, 0.717) is 24.5 Å². The standard InChI is InChI=1S/C22H28N2O5S/c1-16-13-17(7-9-20(16)28-2)14-22(25)23-19-15-18(8-10-21(19)29-3)30(26,27)24-11-5-4-6-12-24/h7-10,13,15H,4-6,11-12,14H2,1-3H3,(H,23,25). The molecule has 1 fully saturated rings. The molecule has 0 saturated carbocycles. The van der Waals surface area contributed by atoms with E-state index in [1.807, 2.05) is 25.1 Å². The Balaban J connectivity index is 1.80. The molecular weight excluding hydrogens is 404 g/mol. The fourth-order valence-corrected chi connectivity index (χ4v) is 5.17. The number of nitrogens with one attached hydrogen (secondary N) is 1. The lowest BCUT2D eigenvalue weighted by atomic mass is 10.1. The second-order valence-corrected chi connectivity index (χ2v) is 9.29. The van der Waals surface area contributed by atoms with Crippen molar-refractivity contribution in [2.24, 2.45) is 0 Å². The van der Waals surface area contributed by atoms with Crippen LogP contribution in [0.25, 0.3) is 0 Å². The highest BCUT2D eigenvalue weighted by atomic mass is 32.2. The Labute approximate surface area is 178 Å². The molecule has 2 aromatic rings. The van der Waals surface area contributed by atoms with E-state index in [4.69, 9.17) is 9.47 Å². The van der Waals surface area contributed by atoms with Crippen LogP contribution in [0.15, 0.2) is 41.3 Å². The van der Waals surface area contributed by atoms with Crippen LogP contribution in [-0.4, -0.2) is 45.9 Å². The molecule has 0 spiro atoms. The molecule has 0 radical (unpaired) electrons. The maximum absolute atomic E-state index is 13.0. The average molecular weight is 433 g/mol. The predicted molar refractivity (Wildman–Crippen MR) is 116 cm³/mol. The van der Waals surface area contributed by atoms with E-state index in [9.17, 15) is 13.2 Å². The van der Waals surface area contributed by atoms with Crippen LogP contribution >= 0.6 is 0 Å². The Morgan fingerprint density at radius 1 is 1.00 bits per heavy atom. The van der Waals surface area contributed by atoms with Gasteiger partial charge < -0.3 is 14.8 Å². The molecule has 0 aliphatic carbocycles. The second-order valence-electron chi connectivity index (χ2n) is 7.36. The summed E-state index contributed by atoms with van der Waals surface area (Å²) in [4.78, 5) is 12.8. The van der Waals surface area contributed by atoms with Gasteiger partial charge in [-0.2, -0.15) is 4.31 Å². The van der Waals surface area contributed by atoms with E-state index in [2.05, 4.69) is 5.32 Å². The molecule has 1 saturated heterocycles. The predicted octanol–water partition coefficient (Wildman–Crippen LogP) is 3.37. The van der Waals surface area contributed by atoms with Crippen molar-refractivity contribution < 1.29 is 22.7 Å².